The third-order valence-electron chi connectivity index (χ3n) is 4.19. The zero-order chi connectivity index (χ0) is 19.9. The first kappa shape index (κ1) is 19.8. The van der Waals surface area contributed by atoms with Crippen molar-refractivity contribution in [1.29, 1.82) is 0 Å². The van der Waals surface area contributed by atoms with Crippen LogP contribution in [-0.2, 0) is 0 Å². The number of urea groups is 1. The number of nitrogens with zero attached hydrogens (tertiary/aromatic N) is 2. The Bertz CT molecular complexity index is 946. The van der Waals surface area contributed by atoms with Gasteiger partial charge < -0.3 is 15.2 Å². The lowest BCUT2D eigenvalue weighted by molar-refractivity contribution is -0.00107. The number of carbonyl (C=O) groups excluding carboxylic acids is 1. The summed E-state index contributed by atoms with van der Waals surface area (Å²) in [5.41, 5.74) is 6.59. The van der Waals surface area contributed by atoms with Crippen LogP contribution in [0.5, 0.6) is 11.5 Å². The fourth-order valence-electron chi connectivity index (χ4n) is 2.79. The van der Waals surface area contributed by atoms with Gasteiger partial charge in [0.15, 0.2) is 0 Å². The molecule has 0 aliphatic heterocycles. The highest BCUT2D eigenvalue weighted by Crippen LogP contribution is 2.28. The molecule has 0 saturated carbocycles. The highest BCUT2D eigenvalue weighted by atomic mass is 32.1. The minimum atomic E-state index is -0.666. The van der Waals surface area contributed by atoms with Crippen molar-refractivity contribution in [2.75, 3.05) is 4.31 Å². The van der Waals surface area contributed by atoms with Crippen LogP contribution in [0.4, 0.5) is 10.5 Å². The van der Waals surface area contributed by atoms with Crippen LogP contribution < -0.4 is 19.5 Å². The van der Waals surface area contributed by atoms with E-state index in [-0.39, 0.29) is 0 Å². The number of primary amides is 1. The largest absolute Gasteiger partial charge is 0.455 e. The molecule has 0 aliphatic carbocycles. The van der Waals surface area contributed by atoms with Gasteiger partial charge in [0, 0.05) is 24.1 Å². The molecule has 3 rings (SSSR count). The van der Waals surface area contributed by atoms with Gasteiger partial charge in [-0.3, -0.25) is 4.98 Å². The molecule has 3 aromatic rings. The van der Waals surface area contributed by atoms with Gasteiger partial charge in [-0.1, -0.05) is 50.4 Å². The second-order valence-electron chi connectivity index (χ2n) is 6.29. The van der Waals surface area contributed by atoms with Gasteiger partial charge in [0.25, 0.3) is 0 Å². The van der Waals surface area contributed by atoms with Crippen LogP contribution >= 0.6 is 12.8 Å². The number of pyridine rings is 1. The molecular weight excluding hydrogens is 374 g/mol. The van der Waals surface area contributed by atoms with Gasteiger partial charge in [0.05, 0.1) is 5.69 Å². The number of benzene rings is 2. The molecule has 1 atom stereocenters. The van der Waals surface area contributed by atoms with Crippen molar-refractivity contribution in [1.82, 2.24) is 4.98 Å². The Labute approximate surface area is 169 Å². The predicted molar refractivity (Wildman–Crippen MR) is 114 cm³/mol. The molecule has 0 radical (unpaired) electrons. The molecule has 1 aromatic heterocycles. The van der Waals surface area contributed by atoms with Crippen LogP contribution in [-0.4, -0.2) is 17.3 Å². The third kappa shape index (κ3) is 4.86. The third-order valence-corrected chi connectivity index (χ3v) is 4.61. The number of unbranched alkanes of at least 4 members (excludes halogenated alkanes) is 1. The Balaban J connectivity index is 1.83. The molecule has 6 nitrogen and oxygen atoms in total. The average molecular weight is 398 g/mol. The quantitative estimate of drug-likeness (QED) is 0.417. The number of anilines is 1. The number of fused-ring (bicyclic) bond motifs is 1. The van der Waals surface area contributed by atoms with E-state index >= 15 is 0 Å². The minimum absolute atomic E-state index is 0.496. The Hall–Kier alpha value is -2.93. The molecule has 1 heterocycles. The molecule has 0 aliphatic rings. The number of aromatic nitrogens is 1. The van der Waals surface area contributed by atoms with Crippen LogP contribution in [0.2, 0.25) is 0 Å². The maximum Gasteiger partial charge on any atom is 0.329 e. The summed E-state index contributed by atoms with van der Waals surface area (Å²) in [4.78, 5) is 15.8. The predicted octanol–water partition coefficient (Wildman–Crippen LogP) is 4.94. The van der Waals surface area contributed by atoms with Gasteiger partial charge in [0.2, 0.25) is 6.29 Å². The van der Waals surface area contributed by atoms with E-state index < -0.39 is 12.3 Å². The van der Waals surface area contributed by atoms with Crippen molar-refractivity contribution < 1.29 is 14.3 Å². The van der Waals surface area contributed by atoms with E-state index in [1.54, 1.807) is 30.5 Å². The number of thiol groups is 1. The number of hydrogen-bond acceptors (Lipinski definition) is 5. The topological polar surface area (TPSA) is 77.7 Å². The van der Waals surface area contributed by atoms with E-state index in [0.29, 0.717) is 23.6 Å². The van der Waals surface area contributed by atoms with Crippen molar-refractivity contribution >= 4 is 35.4 Å². The van der Waals surface area contributed by atoms with Gasteiger partial charge in [-0.05, 0) is 30.7 Å². The molecule has 7 heteroatoms. The molecule has 0 bridgehead atoms. The number of amides is 2. The molecule has 2 aromatic carbocycles. The fraction of sp³-hybridized carbons (Fsp3) is 0.238. The van der Waals surface area contributed by atoms with E-state index in [1.165, 1.54) is 0 Å². The van der Waals surface area contributed by atoms with Crippen LogP contribution in [0.3, 0.4) is 0 Å². The maximum absolute atomic E-state index is 11.3. The average Bonchev–Trinajstić information content (AvgIpc) is 2.72. The second kappa shape index (κ2) is 9.32. The van der Waals surface area contributed by atoms with Crippen molar-refractivity contribution in [2.24, 2.45) is 5.73 Å². The number of rotatable bonds is 8. The lowest BCUT2D eigenvalue weighted by Crippen LogP contribution is -2.27. The number of para-hydroxylation sites is 1. The van der Waals surface area contributed by atoms with E-state index in [9.17, 15) is 4.79 Å². The van der Waals surface area contributed by atoms with E-state index in [2.05, 4.69) is 24.7 Å². The van der Waals surface area contributed by atoms with Crippen LogP contribution in [0, 0.1) is 0 Å². The minimum Gasteiger partial charge on any atom is -0.455 e. The first-order valence-corrected chi connectivity index (χ1v) is 9.54. The summed E-state index contributed by atoms with van der Waals surface area (Å²) in [7, 11) is 0. The molecule has 0 fully saturated rings. The smallest absolute Gasteiger partial charge is 0.329 e. The first-order valence-electron chi connectivity index (χ1n) is 9.14. The fourth-order valence-corrected chi connectivity index (χ4v) is 2.92. The SMILES string of the molecule is CCCCC(Oc1cccc(N(S)C(N)=O)c1)Oc1cccc2cccnc12. The molecule has 1 unspecified atom stereocenters. The molecule has 146 valence electrons. The summed E-state index contributed by atoms with van der Waals surface area (Å²) in [6.45, 7) is 2.11. The summed E-state index contributed by atoms with van der Waals surface area (Å²) in [5.74, 6) is 1.23. The van der Waals surface area contributed by atoms with Crippen LogP contribution in [0.15, 0.2) is 60.8 Å². The standard InChI is InChI=1S/C21H23N3O3S/c1-2-3-12-19(26-17-10-5-9-16(14-17)24(28)21(22)25)27-18-11-4-7-15-8-6-13-23-20(15)18/h4-11,13-14,19,28H,2-3,12H2,1H3,(H2,22,25). The van der Waals surface area contributed by atoms with Gasteiger partial charge in [-0.15, -0.1) is 0 Å². The Morgan fingerprint density at radius 3 is 2.75 bits per heavy atom. The highest BCUT2D eigenvalue weighted by molar-refractivity contribution is 7.82. The summed E-state index contributed by atoms with van der Waals surface area (Å²) in [6, 6.07) is 16.0. The second-order valence-corrected chi connectivity index (χ2v) is 6.69. The van der Waals surface area contributed by atoms with E-state index in [0.717, 1.165) is 28.0 Å². The van der Waals surface area contributed by atoms with E-state index in [4.69, 9.17) is 15.2 Å². The molecule has 28 heavy (non-hydrogen) atoms. The van der Waals surface area contributed by atoms with Crippen molar-refractivity contribution in [2.45, 2.75) is 32.5 Å². The Morgan fingerprint density at radius 2 is 1.96 bits per heavy atom. The lowest BCUT2D eigenvalue weighted by atomic mass is 10.2. The summed E-state index contributed by atoms with van der Waals surface area (Å²) >= 11 is 4.09. The molecule has 2 N–H and O–H groups in total. The zero-order valence-electron chi connectivity index (χ0n) is 15.6. The number of carbonyl (C=O) groups is 1. The molecular formula is C21H23N3O3S. The summed E-state index contributed by atoms with van der Waals surface area (Å²) in [6.07, 6.45) is 3.92. The number of ether oxygens (including phenoxy) is 2. The molecule has 0 saturated heterocycles. The maximum atomic E-state index is 11.3. The van der Waals surface area contributed by atoms with Gasteiger partial charge in [-0.25, -0.2) is 9.10 Å². The highest BCUT2D eigenvalue weighted by Gasteiger charge is 2.16. The Morgan fingerprint density at radius 1 is 1.18 bits per heavy atom. The van der Waals surface area contributed by atoms with Gasteiger partial charge >= 0.3 is 6.03 Å². The Kier molecular flexibility index (Phi) is 6.60. The number of nitrogens with two attached hydrogens (primary N) is 1. The normalized spacial score (nSPS) is 11.8. The van der Waals surface area contributed by atoms with Crippen molar-refractivity contribution in [3.05, 3.63) is 60.8 Å². The monoisotopic (exact) mass is 397 g/mol. The van der Waals surface area contributed by atoms with E-state index in [1.807, 2.05) is 30.3 Å². The summed E-state index contributed by atoms with van der Waals surface area (Å²) < 4.78 is 13.3. The zero-order valence-corrected chi connectivity index (χ0v) is 16.5. The molecule has 2 amide bonds. The molecule has 0 spiro atoms. The van der Waals surface area contributed by atoms with Gasteiger partial charge in [-0.2, -0.15) is 0 Å². The number of hydrogen-bond donors (Lipinski definition) is 2. The van der Waals surface area contributed by atoms with Gasteiger partial charge in [0.1, 0.15) is 17.0 Å². The van der Waals surface area contributed by atoms with Crippen molar-refractivity contribution in [3.63, 3.8) is 0 Å². The van der Waals surface area contributed by atoms with Crippen LogP contribution in [0.25, 0.3) is 10.9 Å². The van der Waals surface area contributed by atoms with Crippen LogP contribution in [0.1, 0.15) is 26.2 Å². The first-order chi connectivity index (χ1) is 13.6. The lowest BCUT2D eigenvalue weighted by Gasteiger charge is -2.22. The summed E-state index contributed by atoms with van der Waals surface area (Å²) in [5, 5.41) is 1.00. The van der Waals surface area contributed by atoms with Crippen molar-refractivity contribution in [3.8, 4) is 11.5 Å².